The summed E-state index contributed by atoms with van der Waals surface area (Å²) in [6.45, 7) is 5.65. The Kier molecular flexibility index (Phi) is 9.49. The van der Waals surface area contributed by atoms with Gasteiger partial charge in [0.05, 0.1) is 19.1 Å². The van der Waals surface area contributed by atoms with E-state index < -0.39 is 28.5 Å². The maximum absolute atomic E-state index is 13.5. The number of nitrogens with zero attached hydrogens (tertiary/aromatic N) is 2. The summed E-state index contributed by atoms with van der Waals surface area (Å²) >= 11 is 0. The fourth-order valence-corrected chi connectivity index (χ4v) is 4.50. The third-order valence-corrected chi connectivity index (χ3v) is 6.81. The number of amides is 2. The van der Waals surface area contributed by atoms with E-state index in [1.807, 2.05) is 45.0 Å². The van der Waals surface area contributed by atoms with Crippen molar-refractivity contribution in [2.45, 2.75) is 45.7 Å². The van der Waals surface area contributed by atoms with Gasteiger partial charge in [-0.2, -0.15) is 0 Å². The van der Waals surface area contributed by atoms with Crippen molar-refractivity contribution >= 4 is 27.5 Å². The molecule has 8 nitrogen and oxygen atoms in total. The summed E-state index contributed by atoms with van der Waals surface area (Å²) in [7, 11) is -0.671. The summed E-state index contributed by atoms with van der Waals surface area (Å²) in [5.74, 6) is 0.189. The predicted molar refractivity (Wildman–Crippen MR) is 134 cm³/mol. The summed E-state index contributed by atoms with van der Waals surface area (Å²) in [6, 6.07) is 13.6. The van der Waals surface area contributed by atoms with E-state index in [0.29, 0.717) is 23.8 Å². The SMILES string of the molecule is CC[C@@H](C(=O)NC)N(Cc1ccc(OC)cc1)C(=O)CN(c1ccc(C(C)C)cc1)S(C)(=O)=O. The van der Waals surface area contributed by atoms with E-state index >= 15 is 0 Å². The molecule has 0 saturated carbocycles. The Labute approximate surface area is 202 Å². The Morgan fingerprint density at radius 2 is 1.62 bits per heavy atom. The summed E-state index contributed by atoms with van der Waals surface area (Å²) in [4.78, 5) is 27.5. The molecule has 0 saturated heterocycles. The number of benzene rings is 2. The van der Waals surface area contributed by atoms with Crippen LogP contribution in [0, 0.1) is 0 Å². The first kappa shape index (κ1) is 27.2. The molecule has 0 unspecified atom stereocenters. The quantitative estimate of drug-likeness (QED) is 0.523. The van der Waals surface area contributed by atoms with Crippen molar-refractivity contribution in [1.82, 2.24) is 10.2 Å². The molecule has 0 radical (unpaired) electrons. The Balaban J connectivity index is 2.40. The summed E-state index contributed by atoms with van der Waals surface area (Å²) in [5.41, 5.74) is 2.26. The smallest absolute Gasteiger partial charge is 0.244 e. The number of nitrogens with one attached hydrogen (secondary N) is 1. The second kappa shape index (κ2) is 11.9. The van der Waals surface area contributed by atoms with Crippen LogP contribution in [0.2, 0.25) is 0 Å². The van der Waals surface area contributed by atoms with E-state index in [9.17, 15) is 18.0 Å². The minimum Gasteiger partial charge on any atom is -0.497 e. The van der Waals surface area contributed by atoms with Gasteiger partial charge in [0.25, 0.3) is 0 Å². The van der Waals surface area contributed by atoms with Crippen molar-refractivity contribution in [2.75, 3.05) is 31.3 Å². The molecule has 0 aromatic heterocycles. The average Bonchev–Trinajstić information content (AvgIpc) is 2.81. The highest BCUT2D eigenvalue weighted by molar-refractivity contribution is 7.92. The van der Waals surface area contributed by atoms with Crippen LogP contribution in [0.4, 0.5) is 5.69 Å². The normalized spacial score (nSPS) is 12.2. The number of anilines is 1. The molecule has 34 heavy (non-hydrogen) atoms. The fourth-order valence-electron chi connectivity index (χ4n) is 3.65. The Hall–Kier alpha value is -3.07. The van der Waals surface area contributed by atoms with Gasteiger partial charge in [0.1, 0.15) is 18.3 Å². The van der Waals surface area contributed by atoms with Crippen LogP contribution >= 0.6 is 0 Å². The molecule has 0 fully saturated rings. The molecular weight excluding hydrogens is 454 g/mol. The second-order valence-electron chi connectivity index (χ2n) is 8.42. The van der Waals surface area contributed by atoms with Crippen LogP contribution < -0.4 is 14.4 Å². The van der Waals surface area contributed by atoms with E-state index in [4.69, 9.17) is 4.74 Å². The monoisotopic (exact) mass is 489 g/mol. The van der Waals surface area contributed by atoms with Gasteiger partial charge in [0, 0.05) is 13.6 Å². The number of ether oxygens (including phenoxy) is 1. The van der Waals surface area contributed by atoms with Gasteiger partial charge in [-0.25, -0.2) is 8.42 Å². The zero-order chi connectivity index (χ0) is 25.5. The van der Waals surface area contributed by atoms with Gasteiger partial charge in [0.2, 0.25) is 21.8 Å². The first-order valence-corrected chi connectivity index (χ1v) is 13.1. The second-order valence-corrected chi connectivity index (χ2v) is 10.3. The summed E-state index contributed by atoms with van der Waals surface area (Å²) < 4.78 is 31.5. The molecule has 0 bridgehead atoms. The Morgan fingerprint density at radius 1 is 1.03 bits per heavy atom. The molecule has 186 valence electrons. The highest BCUT2D eigenvalue weighted by Crippen LogP contribution is 2.23. The molecule has 0 aliphatic heterocycles. The fraction of sp³-hybridized carbons (Fsp3) is 0.440. The number of hydrogen-bond donors (Lipinski definition) is 1. The number of carbonyl (C=O) groups is 2. The third kappa shape index (κ3) is 6.96. The van der Waals surface area contributed by atoms with E-state index in [1.165, 1.54) is 11.9 Å². The molecule has 2 aromatic rings. The Morgan fingerprint density at radius 3 is 2.06 bits per heavy atom. The number of carbonyl (C=O) groups excluding carboxylic acids is 2. The average molecular weight is 490 g/mol. The largest absolute Gasteiger partial charge is 0.497 e. The molecule has 0 aliphatic carbocycles. The van der Waals surface area contributed by atoms with E-state index in [-0.39, 0.29) is 12.5 Å². The zero-order valence-corrected chi connectivity index (χ0v) is 21.6. The molecule has 1 N–H and O–H groups in total. The molecule has 2 amide bonds. The lowest BCUT2D eigenvalue weighted by atomic mass is 10.0. The van der Waals surface area contributed by atoms with E-state index in [0.717, 1.165) is 21.7 Å². The molecule has 0 spiro atoms. The van der Waals surface area contributed by atoms with Crippen molar-refractivity contribution in [3.05, 3.63) is 59.7 Å². The summed E-state index contributed by atoms with van der Waals surface area (Å²) in [6.07, 6.45) is 1.45. The van der Waals surface area contributed by atoms with Crippen molar-refractivity contribution in [3.63, 3.8) is 0 Å². The summed E-state index contributed by atoms with van der Waals surface area (Å²) in [5, 5.41) is 2.60. The highest BCUT2D eigenvalue weighted by Gasteiger charge is 2.31. The van der Waals surface area contributed by atoms with Gasteiger partial charge in [-0.05, 0) is 47.7 Å². The van der Waals surface area contributed by atoms with Crippen molar-refractivity contribution in [2.24, 2.45) is 0 Å². The topological polar surface area (TPSA) is 96.0 Å². The lowest BCUT2D eigenvalue weighted by Crippen LogP contribution is -2.51. The molecule has 0 aliphatic rings. The minimum absolute atomic E-state index is 0.151. The van der Waals surface area contributed by atoms with Gasteiger partial charge in [-0.3, -0.25) is 13.9 Å². The highest BCUT2D eigenvalue weighted by atomic mass is 32.2. The van der Waals surface area contributed by atoms with Crippen molar-refractivity contribution < 1.29 is 22.7 Å². The van der Waals surface area contributed by atoms with Crippen LogP contribution in [0.5, 0.6) is 5.75 Å². The third-order valence-electron chi connectivity index (χ3n) is 5.67. The van der Waals surface area contributed by atoms with Crippen molar-refractivity contribution in [1.29, 1.82) is 0 Å². The van der Waals surface area contributed by atoms with Crippen LogP contribution in [-0.2, 0) is 26.2 Å². The van der Waals surface area contributed by atoms with E-state index in [1.54, 1.807) is 31.4 Å². The molecule has 2 aromatic carbocycles. The number of hydrogen-bond acceptors (Lipinski definition) is 5. The van der Waals surface area contributed by atoms with Crippen molar-refractivity contribution in [3.8, 4) is 5.75 Å². The molecule has 0 heterocycles. The number of sulfonamides is 1. The maximum Gasteiger partial charge on any atom is 0.244 e. The van der Waals surface area contributed by atoms with Gasteiger partial charge in [-0.1, -0.05) is 45.0 Å². The molecule has 9 heteroatoms. The zero-order valence-electron chi connectivity index (χ0n) is 20.7. The minimum atomic E-state index is -3.75. The van der Waals surface area contributed by atoms with Crippen LogP contribution in [0.3, 0.4) is 0 Å². The standard InChI is InChI=1S/C25H35N3O5S/c1-7-23(25(30)26-4)27(16-19-8-14-22(33-5)15-9-19)24(29)17-28(34(6,31)32)21-12-10-20(11-13-21)18(2)3/h8-15,18,23H,7,16-17H2,1-6H3,(H,26,30)/t23-/m0/s1. The van der Waals surface area contributed by atoms with Crippen LogP contribution in [0.15, 0.2) is 48.5 Å². The lowest BCUT2D eigenvalue weighted by molar-refractivity contribution is -0.140. The first-order chi connectivity index (χ1) is 16.0. The number of likely N-dealkylation sites (N-methyl/N-ethyl adjacent to an activating group) is 1. The number of methoxy groups -OCH3 is 1. The lowest BCUT2D eigenvalue weighted by Gasteiger charge is -2.32. The first-order valence-electron chi connectivity index (χ1n) is 11.2. The van der Waals surface area contributed by atoms with Gasteiger partial charge >= 0.3 is 0 Å². The Bertz CT molecular complexity index is 1070. The van der Waals surface area contributed by atoms with Gasteiger partial charge in [0.15, 0.2) is 0 Å². The number of rotatable bonds is 11. The molecular formula is C25H35N3O5S. The van der Waals surface area contributed by atoms with Crippen LogP contribution in [0.1, 0.15) is 44.2 Å². The maximum atomic E-state index is 13.5. The molecule has 1 atom stereocenters. The van der Waals surface area contributed by atoms with Crippen LogP contribution in [-0.4, -0.2) is 58.1 Å². The van der Waals surface area contributed by atoms with Gasteiger partial charge < -0.3 is 15.0 Å². The van der Waals surface area contributed by atoms with Crippen LogP contribution in [0.25, 0.3) is 0 Å². The predicted octanol–water partition coefficient (Wildman–Crippen LogP) is 3.14. The van der Waals surface area contributed by atoms with Gasteiger partial charge in [-0.15, -0.1) is 0 Å². The van der Waals surface area contributed by atoms with E-state index in [2.05, 4.69) is 5.32 Å². The molecule has 2 rings (SSSR count).